The molecule has 1 amide bonds. The van der Waals surface area contributed by atoms with Crippen LogP contribution in [0.4, 0.5) is 0 Å². The molecule has 0 heterocycles. The van der Waals surface area contributed by atoms with E-state index in [4.69, 9.17) is 0 Å². The van der Waals surface area contributed by atoms with Gasteiger partial charge in [-0.3, -0.25) is 4.79 Å². The van der Waals surface area contributed by atoms with Gasteiger partial charge in [0, 0.05) is 5.56 Å². The predicted molar refractivity (Wildman–Crippen MR) is 83.5 cm³/mol. The van der Waals surface area contributed by atoms with Crippen LogP contribution in [0.25, 0.3) is 0 Å². The Morgan fingerprint density at radius 2 is 1.71 bits per heavy atom. The SMILES string of the molecule is CC[C@H](C)[C@H](NC(=O)c1ccc(C(C)(C)C)cc1)C(=O)O. The van der Waals surface area contributed by atoms with Crippen LogP contribution in [0.3, 0.4) is 0 Å². The summed E-state index contributed by atoms with van der Waals surface area (Å²) in [6, 6.07) is 6.45. The molecule has 0 aliphatic heterocycles. The molecule has 0 aliphatic rings. The number of rotatable bonds is 5. The molecule has 1 rings (SSSR count). The van der Waals surface area contributed by atoms with E-state index in [2.05, 4.69) is 26.1 Å². The molecule has 21 heavy (non-hydrogen) atoms. The summed E-state index contributed by atoms with van der Waals surface area (Å²) in [6.07, 6.45) is 0.695. The minimum atomic E-state index is -0.996. The number of nitrogens with one attached hydrogen (secondary N) is 1. The van der Waals surface area contributed by atoms with Crippen molar-refractivity contribution in [2.75, 3.05) is 0 Å². The second-order valence-electron chi connectivity index (χ2n) is 6.50. The van der Waals surface area contributed by atoms with Gasteiger partial charge in [0.25, 0.3) is 5.91 Å². The molecule has 0 saturated carbocycles. The maximum absolute atomic E-state index is 12.2. The van der Waals surface area contributed by atoms with Crippen molar-refractivity contribution < 1.29 is 14.7 Å². The minimum absolute atomic E-state index is 0.0231. The van der Waals surface area contributed by atoms with Crippen LogP contribution < -0.4 is 5.32 Å². The molecule has 116 valence electrons. The lowest BCUT2D eigenvalue weighted by Gasteiger charge is -2.21. The molecular weight excluding hydrogens is 266 g/mol. The minimum Gasteiger partial charge on any atom is -0.480 e. The molecular formula is C17H25NO3. The average Bonchev–Trinajstić information content (AvgIpc) is 2.42. The molecule has 0 bridgehead atoms. The van der Waals surface area contributed by atoms with Gasteiger partial charge in [0.15, 0.2) is 0 Å². The van der Waals surface area contributed by atoms with Crippen molar-refractivity contribution in [2.45, 2.75) is 52.5 Å². The summed E-state index contributed by atoms with van der Waals surface area (Å²) >= 11 is 0. The van der Waals surface area contributed by atoms with Crippen molar-refractivity contribution in [1.82, 2.24) is 5.32 Å². The van der Waals surface area contributed by atoms with Crippen LogP contribution in [0.2, 0.25) is 0 Å². The van der Waals surface area contributed by atoms with Crippen molar-refractivity contribution in [2.24, 2.45) is 5.92 Å². The number of carboxylic acid groups (broad SMARTS) is 1. The standard InChI is InChI=1S/C17H25NO3/c1-6-11(2)14(16(20)21)18-15(19)12-7-9-13(10-8-12)17(3,4)5/h7-11,14H,6H2,1-5H3,(H,18,19)(H,20,21)/t11-,14-/m0/s1. The predicted octanol–water partition coefficient (Wildman–Crippen LogP) is 3.21. The van der Waals surface area contributed by atoms with Gasteiger partial charge in [0.2, 0.25) is 0 Å². The molecule has 0 unspecified atom stereocenters. The highest BCUT2D eigenvalue weighted by Crippen LogP contribution is 2.22. The molecule has 1 aromatic carbocycles. The highest BCUT2D eigenvalue weighted by atomic mass is 16.4. The van der Waals surface area contributed by atoms with E-state index in [-0.39, 0.29) is 17.2 Å². The largest absolute Gasteiger partial charge is 0.480 e. The second kappa shape index (κ2) is 6.74. The number of hydrogen-bond acceptors (Lipinski definition) is 2. The maximum Gasteiger partial charge on any atom is 0.326 e. The Hall–Kier alpha value is -1.84. The first kappa shape index (κ1) is 17.2. The number of carbonyl (C=O) groups excluding carboxylic acids is 1. The van der Waals surface area contributed by atoms with Gasteiger partial charge >= 0.3 is 5.97 Å². The van der Waals surface area contributed by atoms with Crippen molar-refractivity contribution in [3.05, 3.63) is 35.4 Å². The van der Waals surface area contributed by atoms with Crippen molar-refractivity contribution in [3.63, 3.8) is 0 Å². The van der Waals surface area contributed by atoms with E-state index in [1.54, 1.807) is 12.1 Å². The van der Waals surface area contributed by atoms with Crippen LogP contribution in [0, 0.1) is 5.92 Å². The number of hydrogen-bond donors (Lipinski definition) is 2. The van der Waals surface area contributed by atoms with Crippen molar-refractivity contribution in [1.29, 1.82) is 0 Å². The molecule has 0 spiro atoms. The van der Waals surface area contributed by atoms with E-state index < -0.39 is 12.0 Å². The van der Waals surface area contributed by atoms with Crippen molar-refractivity contribution in [3.8, 4) is 0 Å². The van der Waals surface area contributed by atoms with Crippen LogP contribution in [-0.4, -0.2) is 23.0 Å². The van der Waals surface area contributed by atoms with E-state index in [1.807, 2.05) is 26.0 Å². The molecule has 1 aromatic rings. The van der Waals surface area contributed by atoms with Gasteiger partial charge in [-0.05, 0) is 29.0 Å². The quantitative estimate of drug-likeness (QED) is 0.875. The second-order valence-corrected chi connectivity index (χ2v) is 6.50. The molecule has 2 atom stereocenters. The molecule has 0 saturated heterocycles. The summed E-state index contributed by atoms with van der Waals surface area (Å²) in [5, 5.41) is 11.8. The summed E-state index contributed by atoms with van der Waals surface area (Å²) < 4.78 is 0. The fourth-order valence-corrected chi connectivity index (χ4v) is 2.03. The van der Waals surface area contributed by atoms with Gasteiger partial charge in [-0.25, -0.2) is 4.79 Å². The summed E-state index contributed by atoms with van der Waals surface area (Å²) in [6.45, 7) is 10.0. The van der Waals surface area contributed by atoms with Crippen molar-refractivity contribution >= 4 is 11.9 Å². The van der Waals surface area contributed by atoms with E-state index >= 15 is 0 Å². The first-order valence-corrected chi connectivity index (χ1v) is 7.31. The first-order chi connectivity index (χ1) is 9.66. The normalized spacial score (nSPS) is 14.3. The van der Waals surface area contributed by atoms with Crippen LogP contribution in [0.5, 0.6) is 0 Å². The molecule has 0 aromatic heterocycles. The first-order valence-electron chi connectivity index (χ1n) is 7.31. The molecule has 0 aliphatic carbocycles. The molecule has 4 heteroatoms. The Morgan fingerprint density at radius 3 is 2.10 bits per heavy atom. The van der Waals surface area contributed by atoms with E-state index in [9.17, 15) is 14.7 Å². The lowest BCUT2D eigenvalue weighted by molar-refractivity contribution is -0.140. The number of carboxylic acids is 1. The smallest absolute Gasteiger partial charge is 0.326 e. The average molecular weight is 291 g/mol. The summed E-state index contributed by atoms with van der Waals surface area (Å²) in [4.78, 5) is 23.4. The highest BCUT2D eigenvalue weighted by Gasteiger charge is 2.25. The summed E-state index contributed by atoms with van der Waals surface area (Å²) in [5.41, 5.74) is 1.64. The Balaban J connectivity index is 2.86. The van der Waals surface area contributed by atoms with Gasteiger partial charge in [-0.1, -0.05) is 53.2 Å². The molecule has 4 nitrogen and oxygen atoms in total. The van der Waals surface area contributed by atoms with E-state index in [0.29, 0.717) is 12.0 Å². The van der Waals surface area contributed by atoms with Gasteiger partial charge in [0.1, 0.15) is 6.04 Å². The molecule has 0 radical (unpaired) electrons. The zero-order valence-corrected chi connectivity index (χ0v) is 13.4. The zero-order chi connectivity index (χ0) is 16.2. The number of carbonyl (C=O) groups is 2. The van der Waals surface area contributed by atoms with Gasteiger partial charge in [-0.2, -0.15) is 0 Å². The topological polar surface area (TPSA) is 66.4 Å². The Labute approximate surface area is 126 Å². The molecule has 2 N–H and O–H groups in total. The Bertz CT molecular complexity index is 500. The number of aliphatic carboxylic acids is 1. The van der Waals surface area contributed by atoms with Crippen LogP contribution in [0.1, 0.15) is 57.0 Å². The lowest BCUT2D eigenvalue weighted by Crippen LogP contribution is -2.45. The van der Waals surface area contributed by atoms with Crippen LogP contribution in [0.15, 0.2) is 24.3 Å². The highest BCUT2D eigenvalue weighted by molar-refractivity contribution is 5.96. The number of amides is 1. The van der Waals surface area contributed by atoms with E-state index in [1.165, 1.54) is 0 Å². The van der Waals surface area contributed by atoms with Gasteiger partial charge < -0.3 is 10.4 Å². The fourth-order valence-electron chi connectivity index (χ4n) is 2.03. The third-order valence-corrected chi connectivity index (χ3v) is 3.78. The third-order valence-electron chi connectivity index (χ3n) is 3.78. The molecule has 0 fully saturated rings. The maximum atomic E-state index is 12.2. The van der Waals surface area contributed by atoms with Gasteiger partial charge in [-0.15, -0.1) is 0 Å². The fraction of sp³-hybridized carbons (Fsp3) is 0.529. The monoisotopic (exact) mass is 291 g/mol. The lowest BCUT2D eigenvalue weighted by atomic mass is 9.86. The van der Waals surface area contributed by atoms with E-state index in [0.717, 1.165) is 5.56 Å². The summed E-state index contributed by atoms with van der Waals surface area (Å²) in [7, 11) is 0. The summed E-state index contributed by atoms with van der Waals surface area (Å²) in [5.74, 6) is -1.45. The Kier molecular flexibility index (Phi) is 5.53. The third kappa shape index (κ3) is 4.59. The number of benzene rings is 1. The zero-order valence-electron chi connectivity index (χ0n) is 13.4. The van der Waals surface area contributed by atoms with Crippen LogP contribution in [-0.2, 0) is 10.2 Å². The Morgan fingerprint density at radius 1 is 1.19 bits per heavy atom. The van der Waals surface area contributed by atoms with Crippen LogP contribution >= 0.6 is 0 Å². The van der Waals surface area contributed by atoms with Gasteiger partial charge in [0.05, 0.1) is 0 Å².